The van der Waals surface area contributed by atoms with Crippen LogP contribution in [-0.4, -0.2) is 37.6 Å². The van der Waals surface area contributed by atoms with E-state index in [9.17, 15) is 5.11 Å². The Balaban J connectivity index is 1.74. The van der Waals surface area contributed by atoms with Crippen LogP contribution < -0.4 is 10.1 Å². The van der Waals surface area contributed by atoms with Gasteiger partial charge in [-0.2, -0.15) is 0 Å². The third-order valence-corrected chi connectivity index (χ3v) is 3.93. The van der Waals surface area contributed by atoms with Crippen LogP contribution in [0.3, 0.4) is 0 Å². The van der Waals surface area contributed by atoms with Gasteiger partial charge in [0, 0.05) is 36.2 Å². The van der Waals surface area contributed by atoms with Crippen molar-refractivity contribution in [3.8, 4) is 5.75 Å². The summed E-state index contributed by atoms with van der Waals surface area (Å²) in [6, 6.07) is 4.18. The number of aliphatic hydroxyl groups is 1. The largest absolute Gasteiger partial charge is 0.493 e. The number of ether oxygens (including phenoxy) is 2. The zero-order valence-electron chi connectivity index (χ0n) is 12.5. The molecule has 1 atom stereocenters. The van der Waals surface area contributed by atoms with E-state index in [-0.39, 0.29) is 0 Å². The molecular formula is C16H24BrNO3. The van der Waals surface area contributed by atoms with E-state index < -0.39 is 6.10 Å². The van der Waals surface area contributed by atoms with E-state index in [1.165, 1.54) is 5.56 Å². The van der Waals surface area contributed by atoms with Gasteiger partial charge in [0.05, 0.1) is 19.3 Å². The van der Waals surface area contributed by atoms with Gasteiger partial charge >= 0.3 is 0 Å². The van der Waals surface area contributed by atoms with Crippen LogP contribution in [0.2, 0.25) is 0 Å². The van der Waals surface area contributed by atoms with Crippen LogP contribution in [-0.2, 0) is 17.7 Å². The lowest BCUT2D eigenvalue weighted by molar-refractivity contribution is 0.0358. The van der Waals surface area contributed by atoms with Gasteiger partial charge in [-0.25, -0.2) is 0 Å². The van der Waals surface area contributed by atoms with E-state index in [2.05, 4.69) is 40.3 Å². The average Bonchev–Trinajstić information content (AvgIpc) is 2.91. The highest BCUT2D eigenvalue weighted by Gasteiger charge is 2.17. The number of rotatable bonds is 9. The lowest BCUT2D eigenvalue weighted by Gasteiger charge is -2.14. The molecule has 5 heteroatoms. The average molecular weight is 358 g/mol. The van der Waals surface area contributed by atoms with Gasteiger partial charge in [-0.15, -0.1) is 0 Å². The molecule has 1 aliphatic heterocycles. The van der Waals surface area contributed by atoms with E-state index in [1.807, 2.05) is 0 Å². The van der Waals surface area contributed by atoms with Crippen molar-refractivity contribution in [2.75, 3.05) is 26.4 Å². The summed E-state index contributed by atoms with van der Waals surface area (Å²) in [6.45, 7) is 5.20. The number of nitrogens with one attached hydrogen (secondary N) is 1. The van der Waals surface area contributed by atoms with Crippen molar-refractivity contribution in [3.05, 3.63) is 27.7 Å². The molecule has 0 aromatic heterocycles. The molecule has 0 saturated carbocycles. The molecule has 118 valence electrons. The zero-order chi connectivity index (χ0) is 15.1. The second-order valence-corrected chi connectivity index (χ2v) is 6.28. The van der Waals surface area contributed by atoms with Gasteiger partial charge in [0.1, 0.15) is 5.75 Å². The summed E-state index contributed by atoms with van der Waals surface area (Å²) < 4.78 is 12.2. The highest BCUT2D eigenvalue weighted by atomic mass is 79.9. The number of hydrogen-bond donors (Lipinski definition) is 2. The molecule has 0 saturated heterocycles. The molecule has 0 bridgehead atoms. The van der Waals surface area contributed by atoms with E-state index in [0.717, 1.165) is 48.3 Å². The fraction of sp³-hybridized carbons (Fsp3) is 0.625. The summed E-state index contributed by atoms with van der Waals surface area (Å²) >= 11 is 3.53. The predicted molar refractivity (Wildman–Crippen MR) is 86.8 cm³/mol. The quantitative estimate of drug-likeness (QED) is 0.667. The van der Waals surface area contributed by atoms with Crippen molar-refractivity contribution >= 4 is 15.9 Å². The zero-order valence-corrected chi connectivity index (χ0v) is 14.1. The maximum atomic E-state index is 9.85. The molecule has 0 amide bonds. The Kier molecular flexibility index (Phi) is 6.96. The van der Waals surface area contributed by atoms with Crippen molar-refractivity contribution in [2.45, 2.75) is 38.8 Å². The van der Waals surface area contributed by atoms with E-state index in [1.54, 1.807) is 0 Å². The Hall–Kier alpha value is -0.620. The highest BCUT2D eigenvalue weighted by Crippen LogP contribution is 2.32. The maximum absolute atomic E-state index is 9.85. The molecule has 1 aromatic carbocycles. The molecule has 2 rings (SSSR count). The molecule has 4 nitrogen and oxygen atoms in total. The topological polar surface area (TPSA) is 50.7 Å². The minimum absolute atomic E-state index is 0.389. The van der Waals surface area contributed by atoms with Crippen molar-refractivity contribution < 1.29 is 14.6 Å². The van der Waals surface area contributed by atoms with Crippen LogP contribution in [0.5, 0.6) is 5.75 Å². The van der Waals surface area contributed by atoms with Crippen LogP contribution >= 0.6 is 15.9 Å². The summed E-state index contributed by atoms with van der Waals surface area (Å²) in [4.78, 5) is 0. The van der Waals surface area contributed by atoms with Crippen molar-refractivity contribution in [2.24, 2.45) is 0 Å². The Labute approximate surface area is 135 Å². The van der Waals surface area contributed by atoms with Gasteiger partial charge in [0.15, 0.2) is 0 Å². The second kappa shape index (κ2) is 8.73. The Morgan fingerprint density at radius 2 is 2.33 bits per heavy atom. The van der Waals surface area contributed by atoms with Crippen LogP contribution in [0.15, 0.2) is 16.6 Å². The van der Waals surface area contributed by atoms with Crippen LogP contribution in [0.25, 0.3) is 0 Å². The highest BCUT2D eigenvalue weighted by molar-refractivity contribution is 9.10. The van der Waals surface area contributed by atoms with Crippen molar-refractivity contribution in [1.29, 1.82) is 0 Å². The van der Waals surface area contributed by atoms with Crippen LogP contribution in [0.4, 0.5) is 0 Å². The lowest BCUT2D eigenvalue weighted by Crippen LogP contribution is -2.30. The Morgan fingerprint density at radius 1 is 1.48 bits per heavy atom. The smallest absolute Gasteiger partial charge is 0.127 e. The standard InChI is InChI=1S/C16H24BrNO3/c1-2-3-5-20-11-15(19)10-18-9-13-8-14(17)7-12-4-6-21-16(12)13/h7-8,15,18-19H,2-6,9-11H2,1H3. The van der Waals surface area contributed by atoms with Gasteiger partial charge in [-0.3, -0.25) is 0 Å². The first kappa shape index (κ1) is 16.7. The summed E-state index contributed by atoms with van der Waals surface area (Å²) in [5, 5.41) is 13.1. The molecule has 1 heterocycles. The van der Waals surface area contributed by atoms with Gasteiger partial charge < -0.3 is 19.9 Å². The first-order valence-electron chi connectivity index (χ1n) is 7.61. The molecule has 21 heavy (non-hydrogen) atoms. The minimum atomic E-state index is -0.469. The summed E-state index contributed by atoms with van der Waals surface area (Å²) in [6.07, 6.45) is 2.66. The molecule has 0 fully saturated rings. The first-order valence-corrected chi connectivity index (χ1v) is 8.40. The molecule has 1 aromatic rings. The SMILES string of the molecule is CCCCOCC(O)CNCc1cc(Br)cc2c1OCC2. The summed E-state index contributed by atoms with van der Waals surface area (Å²) in [5.74, 6) is 0.999. The van der Waals surface area contributed by atoms with E-state index in [4.69, 9.17) is 9.47 Å². The van der Waals surface area contributed by atoms with Gasteiger partial charge in [-0.05, 0) is 24.1 Å². The normalized spacial score (nSPS) is 14.8. The lowest BCUT2D eigenvalue weighted by atomic mass is 10.1. The fourth-order valence-electron chi connectivity index (χ4n) is 2.38. The summed E-state index contributed by atoms with van der Waals surface area (Å²) in [5.41, 5.74) is 2.39. The minimum Gasteiger partial charge on any atom is -0.493 e. The predicted octanol–water partition coefficient (Wildman–Crippen LogP) is 2.65. The third-order valence-electron chi connectivity index (χ3n) is 3.47. The first-order chi connectivity index (χ1) is 10.2. The number of benzene rings is 1. The van der Waals surface area contributed by atoms with Crippen LogP contribution in [0, 0.1) is 0 Å². The molecule has 0 aliphatic carbocycles. The molecule has 0 spiro atoms. The Morgan fingerprint density at radius 3 is 3.14 bits per heavy atom. The van der Waals surface area contributed by atoms with Gasteiger partial charge in [0.25, 0.3) is 0 Å². The Bertz CT molecular complexity index is 453. The number of fused-ring (bicyclic) bond motifs is 1. The maximum Gasteiger partial charge on any atom is 0.127 e. The molecule has 2 N–H and O–H groups in total. The molecule has 1 aliphatic rings. The summed E-state index contributed by atoms with van der Waals surface area (Å²) in [7, 11) is 0. The van der Waals surface area contributed by atoms with Crippen molar-refractivity contribution in [1.82, 2.24) is 5.32 Å². The van der Waals surface area contributed by atoms with Crippen molar-refractivity contribution in [3.63, 3.8) is 0 Å². The van der Waals surface area contributed by atoms with E-state index >= 15 is 0 Å². The molecule has 1 unspecified atom stereocenters. The third kappa shape index (κ3) is 5.25. The number of halogens is 1. The molecule has 0 radical (unpaired) electrons. The molecular weight excluding hydrogens is 334 g/mol. The number of unbranched alkanes of at least 4 members (excludes halogenated alkanes) is 1. The second-order valence-electron chi connectivity index (χ2n) is 5.36. The van der Waals surface area contributed by atoms with Gasteiger partial charge in [-0.1, -0.05) is 29.3 Å². The number of hydrogen-bond acceptors (Lipinski definition) is 4. The fourth-order valence-corrected chi connectivity index (χ4v) is 2.93. The monoisotopic (exact) mass is 357 g/mol. The van der Waals surface area contributed by atoms with Gasteiger partial charge in [0.2, 0.25) is 0 Å². The van der Waals surface area contributed by atoms with E-state index in [0.29, 0.717) is 19.7 Å². The number of aliphatic hydroxyl groups excluding tert-OH is 1. The van der Waals surface area contributed by atoms with Crippen LogP contribution in [0.1, 0.15) is 30.9 Å².